The van der Waals surface area contributed by atoms with Crippen molar-refractivity contribution in [3.8, 4) is 11.9 Å². The Morgan fingerprint density at radius 3 is 0.968 bits per heavy atom. The molecule has 0 saturated carbocycles. The van der Waals surface area contributed by atoms with Crippen molar-refractivity contribution >= 4 is 87.7 Å². The number of benzene rings is 5. The summed E-state index contributed by atoms with van der Waals surface area (Å²) in [4.78, 5) is 20.3. The molecule has 0 fully saturated rings. The lowest BCUT2D eigenvalue weighted by Gasteiger charge is -2.19. The van der Waals surface area contributed by atoms with Crippen LogP contribution in [0.4, 0.5) is 0 Å². The summed E-state index contributed by atoms with van der Waals surface area (Å²) in [6, 6.07) is 29.2. The Morgan fingerprint density at radius 2 is 0.683 bits per heavy atom. The fourth-order valence-electron chi connectivity index (χ4n) is 9.44. The molecule has 0 atom stereocenters. The normalized spacial score (nSPS) is 13.5. The van der Waals surface area contributed by atoms with E-state index in [1.54, 1.807) is 0 Å². The van der Waals surface area contributed by atoms with E-state index in [1.807, 2.05) is 19.3 Å². The number of aryl methyl sites for hydroxylation is 1. The third-order valence-corrected chi connectivity index (χ3v) is 13.3. The van der Waals surface area contributed by atoms with Crippen molar-refractivity contribution in [2.75, 3.05) is 0 Å². The van der Waals surface area contributed by atoms with E-state index in [0.717, 1.165) is 60.3 Å². The smallest absolute Gasteiger partial charge is 0.237 e. The second-order valence-corrected chi connectivity index (χ2v) is 21.8. The Labute approximate surface area is 367 Å². The summed E-state index contributed by atoms with van der Waals surface area (Å²) < 4.78 is 17.7. The SMILES string of the molecule is Cc1c2oc3nc(-n4c5ccc(C(C)(C)C)cc5c5cc(C(C)(C)C)ccc54)ncc3c2cc2c1oc1nc(-n3c4ccc(C(C)(C)C)cc4c4cc(C(C)(C)C)ccc43)ncc12. The summed E-state index contributed by atoms with van der Waals surface area (Å²) in [5.41, 5.74) is 12.8. The first-order valence-corrected chi connectivity index (χ1v) is 22.1. The lowest BCUT2D eigenvalue weighted by atomic mass is 9.85. The van der Waals surface area contributed by atoms with Gasteiger partial charge in [0.1, 0.15) is 11.2 Å². The molecule has 0 aliphatic heterocycles. The second-order valence-electron chi connectivity index (χ2n) is 21.8. The van der Waals surface area contributed by atoms with Crippen molar-refractivity contribution in [3.63, 3.8) is 0 Å². The van der Waals surface area contributed by atoms with E-state index in [-0.39, 0.29) is 21.7 Å². The minimum Gasteiger partial charge on any atom is -0.437 e. The largest absolute Gasteiger partial charge is 0.437 e. The Hall–Kier alpha value is -6.54. The maximum absolute atomic E-state index is 6.66. The van der Waals surface area contributed by atoms with Crippen LogP contribution in [0.2, 0.25) is 0 Å². The van der Waals surface area contributed by atoms with Crippen molar-refractivity contribution in [3.05, 3.63) is 119 Å². The summed E-state index contributed by atoms with van der Waals surface area (Å²) in [6.45, 7) is 29.1. The van der Waals surface area contributed by atoms with Crippen LogP contribution in [0.1, 0.15) is 111 Å². The third kappa shape index (κ3) is 5.93. The van der Waals surface area contributed by atoms with Crippen LogP contribution in [0.15, 0.2) is 100 Å². The molecule has 0 aliphatic rings. The van der Waals surface area contributed by atoms with Crippen molar-refractivity contribution in [1.82, 2.24) is 29.1 Å². The number of furan rings is 2. The first kappa shape index (κ1) is 39.3. The molecule has 6 aromatic heterocycles. The van der Waals surface area contributed by atoms with E-state index in [1.165, 1.54) is 43.8 Å². The van der Waals surface area contributed by atoms with E-state index >= 15 is 0 Å². The van der Waals surface area contributed by atoms with Gasteiger partial charge in [0.2, 0.25) is 23.3 Å². The Bertz CT molecular complexity index is 3350. The molecule has 8 heteroatoms. The zero-order chi connectivity index (χ0) is 44.3. The van der Waals surface area contributed by atoms with Crippen LogP contribution in [0.3, 0.4) is 0 Å². The Kier molecular flexibility index (Phi) is 7.97. The highest BCUT2D eigenvalue weighted by Crippen LogP contribution is 2.42. The van der Waals surface area contributed by atoms with Crippen LogP contribution in [-0.2, 0) is 21.7 Å². The van der Waals surface area contributed by atoms with E-state index in [0.29, 0.717) is 23.3 Å². The lowest BCUT2D eigenvalue weighted by molar-refractivity contribution is 0.590. The summed E-state index contributed by atoms with van der Waals surface area (Å²) in [5, 5.41) is 8.27. The Balaban J connectivity index is 1.06. The third-order valence-electron chi connectivity index (χ3n) is 13.3. The standard InChI is InChI=1S/C55H54N6O2/c1-29-46-38(40-27-56-50(58-48(40)62-46)60-42-18-14-30(52(2,3)4)22-34(42)35-23-31(53(5,6)7)15-19-43(35)60)26-39-41-28-57-51(59-49(41)63-47(29)39)61-44-20-16-32(54(8,9)10)24-36(44)37-25-33(55(11,12)13)17-21-45(37)61/h14-28H,1-13H3. The highest BCUT2D eigenvalue weighted by molar-refractivity contribution is 6.16. The zero-order valence-corrected chi connectivity index (χ0v) is 38.7. The molecule has 0 N–H and O–H groups in total. The molecule has 0 saturated heterocycles. The van der Waals surface area contributed by atoms with Crippen LogP contribution in [0.5, 0.6) is 0 Å². The molecule has 8 nitrogen and oxygen atoms in total. The monoisotopic (exact) mass is 830 g/mol. The van der Waals surface area contributed by atoms with Gasteiger partial charge in [-0.15, -0.1) is 0 Å². The number of hydrogen-bond acceptors (Lipinski definition) is 6. The maximum atomic E-state index is 6.66. The molecular weight excluding hydrogens is 777 g/mol. The maximum Gasteiger partial charge on any atom is 0.237 e. The van der Waals surface area contributed by atoms with Crippen molar-refractivity contribution in [1.29, 1.82) is 0 Å². The molecule has 11 rings (SSSR count). The van der Waals surface area contributed by atoms with Crippen molar-refractivity contribution < 1.29 is 8.83 Å². The van der Waals surface area contributed by atoms with Crippen LogP contribution in [0.25, 0.3) is 99.6 Å². The lowest BCUT2D eigenvalue weighted by Crippen LogP contribution is -2.10. The van der Waals surface area contributed by atoms with Gasteiger partial charge in [0, 0.05) is 50.3 Å². The van der Waals surface area contributed by atoms with Crippen molar-refractivity contribution in [2.45, 2.75) is 112 Å². The molecule has 316 valence electrons. The van der Waals surface area contributed by atoms with Gasteiger partial charge in [-0.25, -0.2) is 9.97 Å². The molecule has 0 spiro atoms. The summed E-state index contributed by atoms with van der Waals surface area (Å²) in [6.07, 6.45) is 3.80. The summed E-state index contributed by atoms with van der Waals surface area (Å²) in [7, 11) is 0. The topological polar surface area (TPSA) is 87.7 Å². The second kappa shape index (κ2) is 12.8. The number of hydrogen-bond donors (Lipinski definition) is 0. The predicted octanol–water partition coefficient (Wildman–Crippen LogP) is 14.8. The summed E-state index contributed by atoms with van der Waals surface area (Å²) >= 11 is 0. The molecule has 11 aromatic rings. The highest BCUT2D eigenvalue weighted by atomic mass is 16.4. The average molecular weight is 831 g/mol. The molecule has 0 bridgehead atoms. The predicted molar refractivity (Wildman–Crippen MR) is 260 cm³/mol. The van der Waals surface area contributed by atoms with E-state index in [2.05, 4.69) is 171 Å². The molecule has 0 radical (unpaired) electrons. The highest BCUT2D eigenvalue weighted by Gasteiger charge is 2.26. The number of fused-ring (bicyclic) bond motifs is 12. The van der Waals surface area contributed by atoms with E-state index < -0.39 is 0 Å². The summed E-state index contributed by atoms with van der Waals surface area (Å²) in [5.74, 6) is 1.13. The van der Waals surface area contributed by atoms with Crippen LogP contribution >= 0.6 is 0 Å². The number of rotatable bonds is 2. The van der Waals surface area contributed by atoms with Gasteiger partial charge in [-0.3, -0.25) is 9.13 Å². The molecule has 6 heterocycles. The molecule has 5 aromatic carbocycles. The minimum atomic E-state index is 0.00455. The molecule has 0 unspecified atom stereocenters. The van der Waals surface area contributed by atoms with Crippen LogP contribution in [0, 0.1) is 6.92 Å². The van der Waals surface area contributed by atoms with Gasteiger partial charge in [0.05, 0.1) is 32.8 Å². The zero-order valence-electron chi connectivity index (χ0n) is 38.7. The minimum absolute atomic E-state index is 0.00455. The number of nitrogens with zero attached hydrogens (tertiary/aromatic N) is 6. The van der Waals surface area contributed by atoms with Gasteiger partial charge in [0.15, 0.2) is 0 Å². The van der Waals surface area contributed by atoms with Crippen molar-refractivity contribution in [2.24, 2.45) is 0 Å². The van der Waals surface area contributed by atoms with Gasteiger partial charge in [0.25, 0.3) is 0 Å². The first-order valence-electron chi connectivity index (χ1n) is 22.1. The van der Waals surface area contributed by atoms with Gasteiger partial charge in [-0.05, 0) is 105 Å². The fourth-order valence-corrected chi connectivity index (χ4v) is 9.44. The van der Waals surface area contributed by atoms with Gasteiger partial charge in [-0.2, -0.15) is 9.97 Å². The van der Waals surface area contributed by atoms with Gasteiger partial charge in [-0.1, -0.05) is 107 Å². The first-order chi connectivity index (χ1) is 29.6. The Morgan fingerprint density at radius 1 is 0.381 bits per heavy atom. The molecular formula is C55H54N6O2. The van der Waals surface area contributed by atoms with Crippen LogP contribution in [-0.4, -0.2) is 29.1 Å². The quantitative estimate of drug-likeness (QED) is 0.172. The molecule has 0 aliphatic carbocycles. The van der Waals surface area contributed by atoms with Gasteiger partial charge >= 0.3 is 0 Å². The number of aromatic nitrogens is 6. The molecule has 0 amide bonds. The van der Waals surface area contributed by atoms with E-state index in [4.69, 9.17) is 28.8 Å². The fraction of sp³-hybridized carbons (Fsp3) is 0.309. The van der Waals surface area contributed by atoms with Gasteiger partial charge < -0.3 is 8.83 Å². The van der Waals surface area contributed by atoms with E-state index in [9.17, 15) is 0 Å². The average Bonchev–Trinajstić information content (AvgIpc) is 3.96. The van der Waals surface area contributed by atoms with Crippen LogP contribution < -0.4 is 0 Å². The molecule has 63 heavy (non-hydrogen) atoms.